The lowest BCUT2D eigenvalue weighted by Crippen LogP contribution is -1.78. The van der Waals surface area contributed by atoms with Crippen LogP contribution in [0.2, 0.25) is 0 Å². The van der Waals surface area contributed by atoms with Crippen molar-refractivity contribution in [1.82, 2.24) is 9.38 Å². The summed E-state index contributed by atoms with van der Waals surface area (Å²) in [5.41, 5.74) is 0.817. The fraction of sp³-hybridized carbons (Fsp3) is 0. The first-order valence-corrected chi connectivity index (χ1v) is 2.68. The quantitative estimate of drug-likeness (QED) is 0.500. The molecule has 0 saturated heterocycles. The average molecular weight is 116 g/mol. The maximum Gasteiger partial charge on any atom is 0.145 e. The minimum absolute atomic E-state index is 0.817. The Hall–Kier alpha value is -1.31. The molecular formula is C7H4N2. The fourth-order valence-corrected chi connectivity index (χ4v) is 0.748. The second kappa shape index (κ2) is 1.58. The standard InChI is InChI=1S/C7H4N2/c1-2-5-9-6-4-8-7(9)3-1/h1-2,4-5H. The molecule has 2 nitrogen and oxygen atoms in total. The van der Waals surface area contributed by atoms with Gasteiger partial charge in [-0.2, -0.15) is 0 Å². The van der Waals surface area contributed by atoms with Crippen LogP contribution < -0.4 is 0 Å². The minimum atomic E-state index is 0.817. The van der Waals surface area contributed by atoms with E-state index in [4.69, 9.17) is 0 Å². The Morgan fingerprint density at radius 1 is 1.56 bits per heavy atom. The van der Waals surface area contributed by atoms with Crippen LogP contribution in [0.5, 0.6) is 0 Å². The Labute approximate surface area is 52.8 Å². The molecule has 2 heterocycles. The van der Waals surface area contributed by atoms with Gasteiger partial charge in [-0.25, -0.2) is 4.98 Å². The fourth-order valence-electron chi connectivity index (χ4n) is 0.748. The summed E-state index contributed by atoms with van der Waals surface area (Å²) in [5, 5.41) is 0. The van der Waals surface area contributed by atoms with E-state index >= 15 is 0 Å². The third-order valence-corrected chi connectivity index (χ3v) is 1.16. The van der Waals surface area contributed by atoms with Crippen LogP contribution in [-0.4, -0.2) is 9.38 Å². The number of hydrogen-bond donors (Lipinski definition) is 0. The van der Waals surface area contributed by atoms with Crippen molar-refractivity contribution in [3.63, 3.8) is 0 Å². The molecule has 0 unspecified atom stereocenters. The van der Waals surface area contributed by atoms with Crippen molar-refractivity contribution in [3.05, 3.63) is 36.8 Å². The topological polar surface area (TPSA) is 17.3 Å². The largest absolute Gasteiger partial charge is 0.298 e. The summed E-state index contributed by atoms with van der Waals surface area (Å²) in [5.74, 6) is 0. The summed E-state index contributed by atoms with van der Waals surface area (Å²) in [6.07, 6.45) is 6.41. The lowest BCUT2D eigenvalue weighted by atomic mass is 10.5. The molecule has 42 valence electrons. The molecule has 0 saturated carbocycles. The zero-order valence-corrected chi connectivity index (χ0v) is 4.70. The summed E-state index contributed by atoms with van der Waals surface area (Å²) >= 11 is 0. The van der Waals surface area contributed by atoms with E-state index < -0.39 is 0 Å². The van der Waals surface area contributed by atoms with Crippen LogP contribution in [0, 0.1) is 12.3 Å². The van der Waals surface area contributed by atoms with Gasteiger partial charge in [0, 0.05) is 12.3 Å². The molecule has 0 aliphatic rings. The number of imidazole rings is 1. The second-order valence-corrected chi connectivity index (χ2v) is 1.73. The summed E-state index contributed by atoms with van der Waals surface area (Å²) in [6, 6.07) is 6.67. The lowest BCUT2D eigenvalue weighted by molar-refractivity contribution is 1.17. The van der Waals surface area contributed by atoms with Crippen molar-refractivity contribution in [1.29, 1.82) is 0 Å². The normalized spacial score (nSPS) is 10.2. The second-order valence-electron chi connectivity index (χ2n) is 1.73. The number of nitrogens with zero attached hydrogens (tertiary/aromatic N) is 2. The van der Waals surface area contributed by atoms with Crippen molar-refractivity contribution in [3.8, 4) is 0 Å². The third kappa shape index (κ3) is 0.598. The van der Waals surface area contributed by atoms with Gasteiger partial charge in [-0.3, -0.25) is 4.40 Å². The van der Waals surface area contributed by atoms with E-state index in [1.165, 1.54) is 0 Å². The maximum absolute atomic E-state index is 3.97. The number of pyridine rings is 1. The Morgan fingerprint density at radius 2 is 2.56 bits per heavy atom. The molecule has 0 bridgehead atoms. The van der Waals surface area contributed by atoms with Crippen LogP contribution in [0.15, 0.2) is 24.5 Å². The van der Waals surface area contributed by atoms with Crippen LogP contribution in [0.25, 0.3) is 5.65 Å². The van der Waals surface area contributed by atoms with Crippen LogP contribution in [0.4, 0.5) is 0 Å². The molecule has 0 aromatic carbocycles. The maximum atomic E-state index is 3.97. The molecule has 0 atom stereocenters. The number of hydrogen-bond acceptors (Lipinski definition) is 1. The van der Waals surface area contributed by atoms with Crippen molar-refractivity contribution in [2.45, 2.75) is 0 Å². The SMILES string of the molecule is [c]1cccn2[c]cnc12. The number of rotatable bonds is 0. The van der Waals surface area contributed by atoms with Gasteiger partial charge >= 0.3 is 0 Å². The summed E-state index contributed by atoms with van der Waals surface area (Å²) in [7, 11) is 0. The Balaban J connectivity index is 2.95. The van der Waals surface area contributed by atoms with Crippen molar-refractivity contribution < 1.29 is 0 Å². The van der Waals surface area contributed by atoms with Gasteiger partial charge < -0.3 is 0 Å². The Kier molecular flexibility index (Phi) is 0.803. The monoisotopic (exact) mass is 116 g/mol. The first-order valence-electron chi connectivity index (χ1n) is 2.68. The van der Waals surface area contributed by atoms with Crippen LogP contribution in [0.1, 0.15) is 0 Å². The summed E-state index contributed by atoms with van der Waals surface area (Å²) < 4.78 is 1.79. The first-order chi connectivity index (χ1) is 4.47. The summed E-state index contributed by atoms with van der Waals surface area (Å²) in [6.45, 7) is 0. The zero-order chi connectivity index (χ0) is 6.10. The molecule has 2 aromatic heterocycles. The van der Waals surface area contributed by atoms with E-state index in [2.05, 4.69) is 17.2 Å². The van der Waals surface area contributed by atoms with E-state index in [0.29, 0.717) is 0 Å². The average Bonchev–Trinajstić information content (AvgIpc) is 2.33. The number of fused-ring (bicyclic) bond motifs is 1. The van der Waals surface area contributed by atoms with Gasteiger partial charge in [0.05, 0.1) is 12.4 Å². The first kappa shape index (κ1) is 4.56. The molecule has 0 N–H and O–H groups in total. The van der Waals surface area contributed by atoms with E-state index in [9.17, 15) is 0 Å². The van der Waals surface area contributed by atoms with Gasteiger partial charge in [0.25, 0.3) is 0 Å². The van der Waals surface area contributed by atoms with Gasteiger partial charge in [-0.05, 0) is 12.1 Å². The smallest absolute Gasteiger partial charge is 0.145 e. The highest BCUT2D eigenvalue weighted by atomic mass is 15.0. The van der Waals surface area contributed by atoms with Gasteiger partial charge in [0.15, 0.2) is 0 Å². The molecule has 0 amide bonds. The summed E-state index contributed by atoms with van der Waals surface area (Å²) in [4.78, 5) is 3.97. The predicted molar refractivity (Wildman–Crippen MR) is 32.9 cm³/mol. The highest BCUT2D eigenvalue weighted by Gasteiger charge is 1.87. The third-order valence-electron chi connectivity index (χ3n) is 1.16. The molecule has 2 heteroatoms. The van der Waals surface area contributed by atoms with Crippen molar-refractivity contribution >= 4 is 5.65 Å². The molecule has 2 radical (unpaired) electrons. The molecule has 9 heavy (non-hydrogen) atoms. The van der Waals surface area contributed by atoms with Gasteiger partial charge in [-0.15, -0.1) is 0 Å². The molecule has 0 aliphatic heterocycles. The Morgan fingerprint density at radius 3 is 3.44 bits per heavy atom. The number of aromatic nitrogens is 2. The predicted octanol–water partition coefficient (Wildman–Crippen LogP) is 0.935. The molecule has 2 rings (SSSR count). The highest BCUT2D eigenvalue weighted by molar-refractivity contribution is 5.34. The van der Waals surface area contributed by atoms with Gasteiger partial charge in [0.2, 0.25) is 0 Å². The molecule has 0 fully saturated rings. The zero-order valence-electron chi connectivity index (χ0n) is 4.70. The molecule has 0 spiro atoms. The molecule has 0 aliphatic carbocycles. The van der Waals surface area contributed by atoms with E-state index in [1.54, 1.807) is 10.6 Å². The lowest BCUT2D eigenvalue weighted by Gasteiger charge is -1.85. The van der Waals surface area contributed by atoms with Crippen LogP contribution in [-0.2, 0) is 0 Å². The van der Waals surface area contributed by atoms with Gasteiger partial charge in [0.1, 0.15) is 5.65 Å². The van der Waals surface area contributed by atoms with E-state index in [0.717, 1.165) is 5.65 Å². The van der Waals surface area contributed by atoms with E-state index in [-0.39, 0.29) is 0 Å². The highest BCUT2D eigenvalue weighted by Crippen LogP contribution is 1.94. The van der Waals surface area contributed by atoms with Gasteiger partial charge in [-0.1, -0.05) is 0 Å². The van der Waals surface area contributed by atoms with Crippen LogP contribution >= 0.6 is 0 Å². The van der Waals surface area contributed by atoms with E-state index in [1.807, 2.05) is 18.3 Å². The molecule has 2 aromatic rings. The molecular weight excluding hydrogens is 112 g/mol. The van der Waals surface area contributed by atoms with Crippen LogP contribution in [0.3, 0.4) is 0 Å². The van der Waals surface area contributed by atoms with Crippen molar-refractivity contribution in [2.75, 3.05) is 0 Å². The van der Waals surface area contributed by atoms with Crippen molar-refractivity contribution in [2.24, 2.45) is 0 Å². The minimum Gasteiger partial charge on any atom is -0.298 e. The Bertz CT molecular complexity index is 281.